The molecule has 1 heterocycles. The van der Waals surface area contributed by atoms with Gasteiger partial charge in [-0.3, -0.25) is 19.3 Å². The molecule has 146 valence electrons. The first-order valence-corrected chi connectivity index (χ1v) is 8.92. The molecule has 0 unspecified atom stereocenters. The summed E-state index contributed by atoms with van der Waals surface area (Å²) in [5, 5.41) is 5.68. The van der Waals surface area contributed by atoms with E-state index in [4.69, 9.17) is 27.9 Å². The Balaban J connectivity index is 1.94. The Hall–Kier alpha value is -2.32. The fourth-order valence-corrected chi connectivity index (χ4v) is 2.83. The van der Waals surface area contributed by atoms with Gasteiger partial charge in [0, 0.05) is 5.02 Å². The zero-order valence-electron chi connectivity index (χ0n) is 15.0. The van der Waals surface area contributed by atoms with Gasteiger partial charge in [0.15, 0.2) is 6.10 Å². The molecule has 27 heavy (non-hydrogen) atoms. The number of carbonyl (C=O) groups excluding carboxylic acids is 4. The molecule has 1 aromatic carbocycles. The van der Waals surface area contributed by atoms with Crippen molar-refractivity contribution in [2.24, 2.45) is 0 Å². The Bertz CT molecular complexity index is 801. The molecule has 1 fully saturated rings. The summed E-state index contributed by atoms with van der Waals surface area (Å²) >= 11 is 11.8. The summed E-state index contributed by atoms with van der Waals surface area (Å²) in [6.07, 6.45) is -0.786. The van der Waals surface area contributed by atoms with Crippen LogP contribution in [0, 0.1) is 0 Å². The van der Waals surface area contributed by atoms with E-state index in [1.807, 2.05) is 0 Å². The highest BCUT2D eigenvalue weighted by atomic mass is 35.5. The molecule has 1 saturated heterocycles. The lowest BCUT2D eigenvalue weighted by Gasteiger charge is -2.19. The van der Waals surface area contributed by atoms with Crippen molar-refractivity contribution >= 4 is 52.7 Å². The van der Waals surface area contributed by atoms with Gasteiger partial charge in [-0.2, -0.15) is 0 Å². The van der Waals surface area contributed by atoms with Crippen LogP contribution in [0.3, 0.4) is 0 Å². The first-order valence-electron chi connectivity index (χ1n) is 8.17. The summed E-state index contributed by atoms with van der Waals surface area (Å²) in [6, 6.07) is 3.83. The number of anilines is 1. The van der Waals surface area contributed by atoms with Crippen LogP contribution in [-0.2, 0) is 19.1 Å². The molecule has 1 aliphatic heterocycles. The second kappa shape index (κ2) is 8.14. The summed E-state index contributed by atoms with van der Waals surface area (Å²) in [4.78, 5) is 49.1. The van der Waals surface area contributed by atoms with Crippen LogP contribution in [0.5, 0.6) is 0 Å². The molecular weight excluding hydrogens is 397 g/mol. The van der Waals surface area contributed by atoms with E-state index in [0.717, 1.165) is 4.90 Å². The fraction of sp³-hybridized carbons (Fsp3) is 0.412. The summed E-state index contributed by atoms with van der Waals surface area (Å²) in [7, 11) is 0. The van der Waals surface area contributed by atoms with E-state index in [-0.39, 0.29) is 5.02 Å². The number of carbonyl (C=O) groups is 4. The van der Waals surface area contributed by atoms with Gasteiger partial charge >= 0.3 is 12.0 Å². The highest BCUT2D eigenvalue weighted by molar-refractivity contribution is 6.36. The normalized spacial score (nSPS) is 20.3. The lowest BCUT2D eigenvalue weighted by Crippen LogP contribution is -2.44. The number of rotatable bonds is 6. The van der Waals surface area contributed by atoms with Gasteiger partial charge in [-0.05, 0) is 38.5 Å². The highest BCUT2D eigenvalue weighted by Crippen LogP contribution is 2.25. The molecule has 0 aliphatic carbocycles. The number of urea groups is 1. The Morgan fingerprint density at radius 3 is 2.56 bits per heavy atom. The Morgan fingerprint density at radius 1 is 1.33 bits per heavy atom. The standard InChI is InChI=1S/C17H19Cl2N3O5/c1-4-17(3)15(25)22(16(26)21-17)8-13(23)27-9(2)14(24)20-12-6-5-10(18)7-11(12)19/h5-7,9H,4,8H2,1-3H3,(H,20,24)(H,21,26)/t9-,17-/m1/s1. The van der Waals surface area contributed by atoms with E-state index in [1.54, 1.807) is 19.9 Å². The van der Waals surface area contributed by atoms with Crippen LogP contribution in [-0.4, -0.2) is 46.9 Å². The lowest BCUT2D eigenvalue weighted by atomic mass is 9.99. The predicted molar refractivity (Wildman–Crippen MR) is 99.6 cm³/mol. The Morgan fingerprint density at radius 2 is 2.00 bits per heavy atom. The van der Waals surface area contributed by atoms with Gasteiger partial charge in [0.05, 0.1) is 10.7 Å². The number of esters is 1. The summed E-state index contributed by atoms with van der Waals surface area (Å²) in [6.45, 7) is 4.09. The van der Waals surface area contributed by atoms with Crippen molar-refractivity contribution in [3.05, 3.63) is 28.2 Å². The zero-order chi connectivity index (χ0) is 20.4. The molecule has 1 aliphatic rings. The van der Waals surface area contributed by atoms with E-state index in [9.17, 15) is 19.2 Å². The summed E-state index contributed by atoms with van der Waals surface area (Å²) in [5.74, 6) is -2.02. The molecule has 4 amide bonds. The van der Waals surface area contributed by atoms with Gasteiger partial charge in [-0.25, -0.2) is 4.79 Å². The average Bonchev–Trinajstić information content (AvgIpc) is 2.81. The minimum absolute atomic E-state index is 0.229. The fourth-order valence-electron chi connectivity index (χ4n) is 2.37. The molecule has 0 radical (unpaired) electrons. The number of nitrogens with zero attached hydrogens (tertiary/aromatic N) is 1. The monoisotopic (exact) mass is 415 g/mol. The quantitative estimate of drug-likeness (QED) is 0.548. The third-order valence-corrected chi connectivity index (χ3v) is 4.75. The van der Waals surface area contributed by atoms with Crippen LogP contribution in [0.2, 0.25) is 10.0 Å². The molecule has 10 heteroatoms. The SMILES string of the molecule is CC[C@@]1(C)NC(=O)N(CC(=O)O[C@H](C)C(=O)Nc2ccc(Cl)cc2Cl)C1=O. The van der Waals surface area contributed by atoms with Gasteiger partial charge in [-0.1, -0.05) is 30.1 Å². The van der Waals surface area contributed by atoms with Gasteiger partial charge in [0.1, 0.15) is 12.1 Å². The van der Waals surface area contributed by atoms with Crippen molar-refractivity contribution in [2.75, 3.05) is 11.9 Å². The van der Waals surface area contributed by atoms with Crippen molar-refractivity contribution in [1.82, 2.24) is 10.2 Å². The molecule has 2 atom stereocenters. The first-order chi connectivity index (χ1) is 12.6. The third-order valence-electron chi connectivity index (χ3n) is 4.21. The molecular formula is C17H19Cl2N3O5. The predicted octanol–water partition coefficient (Wildman–Crippen LogP) is 2.58. The molecule has 0 spiro atoms. The molecule has 2 rings (SSSR count). The number of hydrogen-bond donors (Lipinski definition) is 2. The number of nitrogens with one attached hydrogen (secondary N) is 2. The zero-order valence-corrected chi connectivity index (χ0v) is 16.5. The van der Waals surface area contributed by atoms with Gasteiger partial charge in [-0.15, -0.1) is 0 Å². The largest absolute Gasteiger partial charge is 0.451 e. The van der Waals surface area contributed by atoms with Crippen LogP contribution in [0.4, 0.5) is 10.5 Å². The maximum atomic E-state index is 12.3. The average molecular weight is 416 g/mol. The van der Waals surface area contributed by atoms with E-state index in [1.165, 1.54) is 19.1 Å². The molecule has 1 aromatic rings. The topological polar surface area (TPSA) is 105 Å². The van der Waals surface area contributed by atoms with Crippen LogP contribution in [0.15, 0.2) is 18.2 Å². The number of hydrogen-bond acceptors (Lipinski definition) is 5. The molecule has 2 N–H and O–H groups in total. The Kier molecular flexibility index (Phi) is 6.33. The minimum Gasteiger partial charge on any atom is -0.451 e. The third kappa shape index (κ3) is 4.70. The number of benzene rings is 1. The second-order valence-corrected chi connectivity index (χ2v) is 7.10. The van der Waals surface area contributed by atoms with E-state index >= 15 is 0 Å². The van der Waals surface area contributed by atoms with Crippen molar-refractivity contribution in [3.63, 3.8) is 0 Å². The maximum absolute atomic E-state index is 12.3. The van der Waals surface area contributed by atoms with Gasteiger partial charge in [0.2, 0.25) is 0 Å². The van der Waals surface area contributed by atoms with Crippen LogP contribution in [0.1, 0.15) is 27.2 Å². The minimum atomic E-state index is -1.16. The number of ether oxygens (including phenoxy) is 1. The van der Waals surface area contributed by atoms with E-state index < -0.39 is 42.0 Å². The molecule has 0 bridgehead atoms. The molecule has 0 saturated carbocycles. The lowest BCUT2D eigenvalue weighted by molar-refractivity contribution is -0.155. The summed E-state index contributed by atoms with van der Waals surface area (Å²) < 4.78 is 5.01. The van der Waals surface area contributed by atoms with Crippen molar-refractivity contribution in [2.45, 2.75) is 38.8 Å². The number of imide groups is 1. The smallest absolute Gasteiger partial charge is 0.327 e. The Labute approximate surface area is 166 Å². The van der Waals surface area contributed by atoms with Gasteiger partial charge < -0.3 is 15.4 Å². The van der Waals surface area contributed by atoms with E-state index in [0.29, 0.717) is 17.1 Å². The van der Waals surface area contributed by atoms with Crippen LogP contribution >= 0.6 is 23.2 Å². The first kappa shape index (κ1) is 21.0. The van der Waals surface area contributed by atoms with Crippen LogP contribution in [0.25, 0.3) is 0 Å². The van der Waals surface area contributed by atoms with E-state index in [2.05, 4.69) is 10.6 Å². The van der Waals surface area contributed by atoms with Crippen molar-refractivity contribution < 1.29 is 23.9 Å². The van der Waals surface area contributed by atoms with Gasteiger partial charge in [0.25, 0.3) is 11.8 Å². The second-order valence-electron chi connectivity index (χ2n) is 6.25. The molecule has 8 nitrogen and oxygen atoms in total. The highest BCUT2D eigenvalue weighted by Gasteiger charge is 2.47. The summed E-state index contributed by atoms with van der Waals surface area (Å²) in [5.41, 5.74) is -0.743. The number of halogens is 2. The van der Waals surface area contributed by atoms with Crippen molar-refractivity contribution in [1.29, 1.82) is 0 Å². The van der Waals surface area contributed by atoms with Crippen molar-refractivity contribution in [3.8, 4) is 0 Å². The van der Waals surface area contributed by atoms with Crippen LogP contribution < -0.4 is 10.6 Å². The maximum Gasteiger partial charge on any atom is 0.327 e. The molecule has 0 aromatic heterocycles. The number of amides is 4.